The van der Waals surface area contributed by atoms with E-state index in [4.69, 9.17) is 4.52 Å². The van der Waals surface area contributed by atoms with Crippen molar-refractivity contribution in [1.82, 2.24) is 5.16 Å². The first-order valence-electron chi connectivity index (χ1n) is 2.60. The van der Waals surface area contributed by atoms with Crippen molar-refractivity contribution < 1.29 is 9.32 Å². The zero-order valence-corrected chi connectivity index (χ0v) is 5.05. The van der Waals surface area contributed by atoms with Crippen LogP contribution in [0.15, 0.2) is 10.6 Å². The fraction of sp³-hybridized carbons (Fsp3) is 0.333. The topological polar surface area (TPSA) is 43.1 Å². The Hall–Kier alpha value is -1.12. The van der Waals surface area contributed by atoms with E-state index in [2.05, 4.69) is 5.16 Å². The minimum absolute atomic E-state index is 0.195. The number of aryl methyl sites for hydroxylation is 1. The Morgan fingerprint density at radius 2 is 2.67 bits per heavy atom. The average molecular weight is 124 g/mol. The molecule has 0 aliphatic carbocycles. The maximum atomic E-state index is 9.77. The van der Waals surface area contributed by atoms with Crippen LogP contribution in [0.25, 0.3) is 0 Å². The van der Waals surface area contributed by atoms with Gasteiger partial charge in [0.25, 0.3) is 0 Å². The summed E-state index contributed by atoms with van der Waals surface area (Å²) in [6.07, 6.45) is 1.91. The zero-order valence-electron chi connectivity index (χ0n) is 5.05. The molecule has 3 heteroatoms. The molecule has 1 rings (SSSR count). The lowest BCUT2D eigenvalue weighted by Crippen LogP contribution is -1.78. The first-order valence-corrected chi connectivity index (χ1v) is 2.60. The van der Waals surface area contributed by atoms with Gasteiger partial charge in [0, 0.05) is 6.07 Å². The highest BCUT2D eigenvalue weighted by Crippen LogP contribution is 2.00. The molecule has 1 aromatic heterocycles. The van der Waals surface area contributed by atoms with E-state index in [1.165, 1.54) is 0 Å². The maximum absolute atomic E-state index is 9.77. The van der Waals surface area contributed by atoms with Crippen molar-refractivity contribution in [2.24, 2.45) is 0 Å². The van der Waals surface area contributed by atoms with E-state index in [1.54, 1.807) is 19.3 Å². The van der Waals surface area contributed by atoms with Crippen LogP contribution in [0.1, 0.15) is 11.5 Å². The number of rotatable bonds is 2. The van der Waals surface area contributed by atoms with Crippen molar-refractivity contribution in [3.63, 3.8) is 0 Å². The molecule has 0 aliphatic rings. The van der Waals surface area contributed by atoms with Crippen LogP contribution < -0.4 is 0 Å². The van der Waals surface area contributed by atoms with E-state index in [0.717, 1.165) is 5.69 Å². The number of hydrogen-bond donors (Lipinski definition) is 0. The van der Waals surface area contributed by atoms with E-state index in [0.29, 0.717) is 5.76 Å². The van der Waals surface area contributed by atoms with Gasteiger partial charge in [0.05, 0.1) is 12.1 Å². The van der Waals surface area contributed by atoms with Crippen molar-refractivity contribution in [3.8, 4) is 0 Å². The standard InChI is InChI=1S/C6H6NO2/c1-5-4-6(2-3-8)9-7-5/h4H,2H2,1H3. The third-order valence-corrected chi connectivity index (χ3v) is 0.923. The summed E-state index contributed by atoms with van der Waals surface area (Å²) in [4.78, 5) is 9.77. The van der Waals surface area contributed by atoms with Gasteiger partial charge in [-0.2, -0.15) is 0 Å². The second kappa shape index (κ2) is 2.44. The van der Waals surface area contributed by atoms with Gasteiger partial charge < -0.3 is 4.52 Å². The second-order valence-electron chi connectivity index (χ2n) is 1.76. The van der Waals surface area contributed by atoms with Crippen LogP contribution in [0.4, 0.5) is 0 Å². The van der Waals surface area contributed by atoms with Gasteiger partial charge in [0.1, 0.15) is 5.76 Å². The van der Waals surface area contributed by atoms with E-state index in [9.17, 15) is 4.79 Å². The molecule has 3 nitrogen and oxygen atoms in total. The van der Waals surface area contributed by atoms with E-state index < -0.39 is 0 Å². The van der Waals surface area contributed by atoms with Gasteiger partial charge >= 0.3 is 0 Å². The van der Waals surface area contributed by atoms with Crippen LogP contribution in [0.3, 0.4) is 0 Å². The van der Waals surface area contributed by atoms with Crippen LogP contribution in [0.5, 0.6) is 0 Å². The van der Waals surface area contributed by atoms with Gasteiger partial charge in [-0.1, -0.05) is 5.16 Å². The summed E-state index contributed by atoms with van der Waals surface area (Å²) in [5, 5.41) is 3.58. The normalized spacial score (nSPS) is 9.44. The minimum atomic E-state index is 0.195. The van der Waals surface area contributed by atoms with Crippen LogP contribution >= 0.6 is 0 Å². The van der Waals surface area contributed by atoms with Crippen LogP contribution in [0, 0.1) is 6.92 Å². The van der Waals surface area contributed by atoms with Gasteiger partial charge in [-0.05, 0) is 6.92 Å². The summed E-state index contributed by atoms with van der Waals surface area (Å²) in [5.74, 6) is 0.572. The third-order valence-electron chi connectivity index (χ3n) is 0.923. The predicted octanol–water partition coefficient (Wildman–Crippen LogP) is 0.635. The molecule has 1 radical (unpaired) electrons. The first kappa shape index (κ1) is 6.01. The van der Waals surface area contributed by atoms with Crippen LogP contribution in [-0.2, 0) is 11.2 Å². The molecule has 0 unspecified atom stereocenters. The SMILES string of the molecule is Cc1cc(C[C]=O)on1. The number of aromatic nitrogens is 1. The lowest BCUT2D eigenvalue weighted by atomic mass is 10.3. The van der Waals surface area contributed by atoms with Crippen molar-refractivity contribution in [3.05, 3.63) is 17.5 Å². The largest absolute Gasteiger partial charge is 0.361 e. The fourth-order valence-electron chi connectivity index (χ4n) is 0.571. The molecule has 1 aromatic rings. The number of hydrogen-bond acceptors (Lipinski definition) is 3. The number of nitrogens with zero attached hydrogens (tertiary/aromatic N) is 1. The van der Waals surface area contributed by atoms with Crippen molar-refractivity contribution in [1.29, 1.82) is 0 Å². The molecule has 0 saturated carbocycles. The maximum Gasteiger partial charge on any atom is 0.206 e. The van der Waals surface area contributed by atoms with Gasteiger partial charge in [0.15, 0.2) is 0 Å². The Morgan fingerprint density at radius 1 is 1.89 bits per heavy atom. The molecule has 0 fully saturated rings. The van der Waals surface area contributed by atoms with Crippen LogP contribution in [0.2, 0.25) is 0 Å². The van der Waals surface area contributed by atoms with Crippen molar-refractivity contribution >= 4 is 6.29 Å². The average Bonchev–Trinajstić information content (AvgIpc) is 2.17. The molecule has 0 saturated heterocycles. The summed E-state index contributed by atoms with van der Waals surface area (Å²) < 4.78 is 4.69. The molecule has 0 N–H and O–H groups in total. The summed E-state index contributed by atoms with van der Waals surface area (Å²) in [6, 6.07) is 1.71. The third kappa shape index (κ3) is 1.38. The molecule has 0 aromatic carbocycles. The summed E-state index contributed by atoms with van der Waals surface area (Å²) in [5.41, 5.74) is 0.792. The highest BCUT2D eigenvalue weighted by atomic mass is 16.5. The quantitative estimate of drug-likeness (QED) is 0.580. The fourth-order valence-corrected chi connectivity index (χ4v) is 0.571. The Balaban J connectivity index is 2.72. The van der Waals surface area contributed by atoms with Crippen LogP contribution in [-0.4, -0.2) is 11.4 Å². The summed E-state index contributed by atoms with van der Waals surface area (Å²) in [6.45, 7) is 1.80. The summed E-state index contributed by atoms with van der Waals surface area (Å²) >= 11 is 0. The smallest absolute Gasteiger partial charge is 0.206 e. The molecule has 47 valence electrons. The van der Waals surface area contributed by atoms with Gasteiger partial charge in [-0.15, -0.1) is 0 Å². The molecule has 0 bridgehead atoms. The Kier molecular flexibility index (Phi) is 1.63. The van der Waals surface area contributed by atoms with Gasteiger partial charge in [-0.25, -0.2) is 0 Å². The Labute approximate surface area is 52.7 Å². The molecule has 0 aliphatic heterocycles. The van der Waals surface area contributed by atoms with Crippen molar-refractivity contribution in [2.45, 2.75) is 13.3 Å². The lowest BCUT2D eigenvalue weighted by molar-refractivity contribution is 0.387. The second-order valence-corrected chi connectivity index (χ2v) is 1.76. The number of carbonyl (C=O) groups excluding carboxylic acids is 1. The first-order chi connectivity index (χ1) is 4.33. The Morgan fingerprint density at radius 3 is 3.11 bits per heavy atom. The van der Waals surface area contributed by atoms with E-state index in [1.807, 2.05) is 0 Å². The molecule has 0 atom stereocenters. The monoisotopic (exact) mass is 124 g/mol. The Bertz CT molecular complexity index is 205. The molecule has 9 heavy (non-hydrogen) atoms. The molecule has 0 amide bonds. The highest BCUT2D eigenvalue weighted by Gasteiger charge is 1.97. The van der Waals surface area contributed by atoms with Crippen molar-refractivity contribution in [2.75, 3.05) is 0 Å². The zero-order chi connectivity index (χ0) is 6.69. The van der Waals surface area contributed by atoms with Gasteiger partial charge in [-0.3, -0.25) is 4.79 Å². The molecule has 1 heterocycles. The van der Waals surface area contributed by atoms with Gasteiger partial charge in [0.2, 0.25) is 6.29 Å². The van der Waals surface area contributed by atoms with E-state index >= 15 is 0 Å². The highest BCUT2D eigenvalue weighted by molar-refractivity contribution is 5.54. The predicted molar refractivity (Wildman–Crippen MR) is 30.6 cm³/mol. The minimum Gasteiger partial charge on any atom is -0.361 e. The lowest BCUT2D eigenvalue weighted by Gasteiger charge is -1.75. The van der Waals surface area contributed by atoms with E-state index in [-0.39, 0.29) is 6.42 Å². The molecular formula is C6H6NO2. The molecular weight excluding hydrogens is 118 g/mol. The summed E-state index contributed by atoms with van der Waals surface area (Å²) in [7, 11) is 0. The molecule has 0 spiro atoms.